The fourth-order valence-electron chi connectivity index (χ4n) is 2.21. The highest BCUT2D eigenvalue weighted by Crippen LogP contribution is 2.24. The van der Waals surface area contributed by atoms with E-state index in [1.54, 1.807) is 12.5 Å². The van der Waals surface area contributed by atoms with Crippen LogP contribution < -0.4 is 5.32 Å². The SMILES string of the molecule is Brc1cccc2c1ccn2CCNCc1ccoc1. The predicted molar refractivity (Wildman–Crippen MR) is 80.1 cm³/mol. The van der Waals surface area contributed by atoms with E-state index in [0.29, 0.717) is 0 Å². The minimum atomic E-state index is 0.847. The zero-order valence-corrected chi connectivity index (χ0v) is 12.1. The monoisotopic (exact) mass is 318 g/mol. The van der Waals surface area contributed by atoms with Crippen molar-refractivity contribution in [2.75, 3.05) is 6.54 Å². The molecule has 98 valence electrons. The summed E-state index contributed by atoms with van der Waals surface area (Å²) < 4.78 is 8.45. The Morgan fingerprint density at radius 2 is 2.16 bits per heavy atom. The summed E-state index contributed by atoms with van der Waals surface area (Å²) in [4.78, 5) is 0. The van der Waals surface area contributed by atoms with Crippen LogP contribution in [0.25, 0.3) is 10.9 Å². The lowest BCUT2D eigenvalue weighted by atomic mass is 10.2. The van der Waals surface area contributed by atoms with Gasteiger partial charge >= 0.3 is 0 Å². The van der Waals surface area contributed by atoms with Crippen molar-refractivity contribution in [1.29, 1.82) is 0 Å². The van der Waals surface area contributed by atoms with Crippen molar-refractivity contribution < 1.29 is 4.42 Å². The van der Waals surface area contributed by atoms with Gasteiger partial charge in [0, 0.05) is 46.8 Å². The molecule has 0 atom stereocenters. The molecule has 2 heterocycles. The van der Waals surface area contributed by atoms with E-state index in [2.05, 4.69) is 56.3 Å². The average molecular weight is 319 g/mol. The first-order valence-corrected chi connectivity index (χ1v) is 7.09. The van der Waals surface area contributed by atoms with Gasteiger partial charge in [0.15, 0.2) is 0 Å². The van der Waals surface area contributed by atoms with Crippen LogP contribution in [0.4, 0.5) is 0 Å². The predicted octanol–water partition coefficient (Wildman–Crippen LogP) is 3.79. The van der Waals surface area contributed by atoms with Crippen LogP contribution >= 0.6 is 15.9 Å². The van der Waals surface area contributed by atoms with Crippen LogP contribution in [0, 0.1) is 0 Å². The minimum Gasteiger partial charge on any atom is -0.472 e. The van der Waals surface area contributed by atoms with Gasteiger partial charge < -0.3 is 14.3 Å². The van der Waals surface area contributed by atoms with Crippen molar-refractivity contribution in [2.24, 2.45) is 0 Å². The van der Waals surface area contributed by atoms with Crippen molar-refractivity contribution in [3.05, 3.63) is 59.1 Å². The summed E-state index contributed by atoms with van der Waals surface area (Å²) in [6.45, 7) is 2.73. The molecule has 0 aliphatic carbocycles. The van der Waals surface area contributed by atoms with Crippen LogP contribution in [-0.2, 0) is 13.1 Å². The molecule has 1 N–H and O–H groups in total. The fourth-order valence-corrected chi connectivity index (χ4v) is 2.69. The second kappa shape index (κ2) is 5.63. The maximum atomic E-state index is 5.04. The summed E-state index contributed by atoms with van der Waals surface area (Å²) in [6, 6.07) is 10.4. The Hall–Kier alpha value is -1.52. The number of hydrogen-bond acceptors (Lipinski definition) is 2. The third-order valence-corrected chi connectivity index (χ3v) is 3.89. The van der Waals surface area contributed by atoms with Gasteiger partial charge in [0.05, 0.1) is 12.5 Å². The Bertz CT molecular complexity index is 658. The number of nitrogens with one attached hydrogen (secondary N) is 1. The summed E-state index contributed by atoms with van der Waals surface area (Å²) in [6.07, 6.45) is 5.61. The molecule has 0 spiro atoms. The number of furan rings is 1. The van der Waals surface area contributed by atoms with Crippen molar-refractivity contribution in [1.82, 2.24) is 9.88 Å². The molecule has 0 saturated heterocycles. The fraction of sp³-hybridized carbons (Fsp3) is 0.200. The molecule has 3 nitrogen and oxygen atoms in total. The highest BCUT2D eigenvalue weighted by Gasteiger charge is 2.03. The Balaban J connectivity index is 1.61. The molecule has 3 aromatic rings. The van der Waals surface area contributed by atoms with E-state index >= 15 is 0 Å². The van der Waals surface area contributed by atoms with E-state index < -0.39 is 0 Å². The number of aromatic nitrogens is 1. The first-order chi connectivity index (χ1) is 9.34. The van der Waals surface area contributed by atoms with Gasteiger partial charge in [0.1, 0.15) is 0 Å². The average Bonchev–Trinajstić information content (AvgIpc) is 3.05. The first-order valence-electron chi connectivity index (χ1n) is 6.30. The summed E-state index contributed by atoms with van der Waals surface area (Å²) in [7, 11) is 0. The normalized spacial score (nSPS) is 11.2. The number of benzene rings is 1. The molecule has 19 heavy (non-hydrogen) atoms. The van der Waals surface area contributed by atoms with Crippen LogP contribution in [0.2, 0.25) is 0 Å². The first kappa shape index (κ1) is 12.5. The van der Waals surface area contributed by atoms with Gasteiger partial charge in [0.2, 0.25) is 0 Å². The van der Waals surface area contributed by atoms with Gasteiger partial charge in [0.25, 0.3) is 0 Å². The van der Waals surface area contributed by atoms with E-state index in [1.807, 2.05) is 6.07 Å². The summed E-state index contributed by atoms with van der Waals surface area (Å²) in [5.74, 6) is 0. The van der Waals surface area contributed by atoms with Crippen molar-refractivity contribution in [2.45, 2.75) is 13.1 Å². The quantitative estimate of drug-likeness (QED) is 0.725. The summed E-state index contributed by atoms with van der Waals surface area (Å²) in [5, 5.41) is 4.67. The van der Waals surface area contributed by atoms with Gasteiger partial charge in [-0.2, -0.15) is 0 Å². The Kier molecular flexibility index (Phi) is 3.71. The Morgan fingerprint density at radius 1 is 1.21 bits per heavy atom. The molecule has 0 fully saturated rings. The molecule has 2 aromatic heterocycles. The van der Waals surface area contributed by atoms with Gasteiger partial charge in [-0.05, 0) is 24.3 Å². The zero-order valence-electron chi connectivity index (χ0n) is 10.5. The molecule has 4 heteroatoms. The number of fused-ring (bicyclic) bond motifs is 1. The molecule has 1 aromatic carbocycles. The van der Waals surface area contributed by atoms with Gasteiger partial charge in [-0.25, -0.2) is 0 Å². The minimum absolute atomic E-state index is 0.847. The second-order valence-electron chi connectivity index (χ2n) is 4.49. The van der Waals surface area contributed by atoms with Crippen LogP contribution in [-0.4, -0.2) is 11.1 Å². The number of nitrogens with zero attached hydrogens (tertiary/aromatic N) is 1. The van der Waals surface area contributed by atoms with Crippen molar-refractivity contribution >= 4 is 26.8 Å². The zero-order chi connectivity index (χ0) is 13.1. The van der Waals surface area contributed by atoms with Gasteiger partial charge in [-0.1, -0.05) is 22.0 Å². The topological polar surface area (TPSA) is 30.1 Å². The number of halogens is 1. The standard InChI is InChI=1S/C15H15BrN2O/c16-14-2-1-3-15-13(14)4-7-18(15)8-6-17-10-12-5-9-19-11-12/h1-5,7,9,11,17H,6,8,10H2. The van der Waals surface area contributed by atoms with Crippen LogP contribution in [0.15, 0.2) is 57.9 Å². The molecule has 0 saturated carbocycles. The van der Waals surface area contributed by atoms with Crippen LogP contribution in [0.5, 0.6) is 0 Å². The van der Waals surface area contributed by atoms with Crippen molar-refractivity contribution in [3.63, 3.8) is 0 Å². The van der Waals surface area contributed by atoms with Crippen molar-refractivity contribution in [3.8, 4) is 0 Å². The molecular formula is C15H15BrN2O. The molecule has 0 radical (unpaired) electrons. The highest BCUT2D eigenvalue weighted by molar-refractivity contribution is 9.10. The highest BCUT2D eigenvalue weighted by atomic mass is 79.9. The summed E-state index contributed by atoms with van der Waals surface area (Å²) in [5.41, 5.74) is 2.44. The maximum Gasteiger partial charge on any atom is 0.0947 e. The largest absolute Gasteiger partial charge is 0.472 e. The maximum absolute atomic E-state index is 5.04. The molecule has 3 rings (SSSR count). The second-order valence-corrected chi connectivity index (χ2v) is 5.34. The smallest absolute Gasteiger partial charge is 0.0947 e. The van der Waals surface area contributed by atoms with E-state index in [4.69, 9.17) is 4.42 Å². The third-order valence-electron chi connectivity index (χ3n) is 3.20. The van der Waals surface area contributed by atoms with E-state index in [1.165, 1.54) is 16.5 Å². The molecule has 0 amide bonds. The molecule has 0 unspecified atom stereocenters. The Labute approximate surface area is 120 Å². The van der Waals surface area contributed by atoms with Gasteiger partial charge in [-0.15, -0.1) is 0 Å². The molecule has 0 aliphatic heterocycles. The lowest BCUT2D eigenvalue weighted by Crippen LogP contribution is -2.18. The summed E-state index contributed by atoms with van der Waals surface area (Å²) >= 11 is 3.58. The van der Waals surface area contributed by atoms with E-state index in [-0.39, 0.29) is 0 Å². The number of rotatable bonds is 5. The lowest BCUT2D eigenvalue weighted by Gasteiger charge is -2.07. The van der Waals surface area contributed by atoms with E-state index in [9.17, 15) is 0 Å². The van der Waals surface area contributed by atoms with E-state index in [0.717, 1.165) is 24.1 Å². The van der Waals surface area contributed by atoms with Crippen LogP contribution in [0.1, 0.15) is 5.56 Å². The number of hydrogen-bond donors (Lipinski definition) is 1. The lowest BCUT2D eigenvalue weighted by molar-refractivity contribution is 0.557. The molecular weight excluding hydrogens is 304 g/mol. The third kappa shape index (κ3) is 2.74. The van der Waals surface area contributed by atoms with Crippen LogP contribution in [0.3, 0.4) is 0 Å². The van der Waals surface area contributed by atoms with Gasteiger partial charge in [-0.3, -0.25) is 0 Å². The molecule has 0 aliphatic rings. The molecule has 0 bridgehead atoms. The Morgan fingerprint density at radius 3 is 3.00 bits per heavy atom.